The fraction of sp³-hybridized carbons (Fsp3) is 0.345. The van der Waals surface area contributed by atoms with Gasteiger partial charge in [0.1, 0.15) is 17.3 Å². The molecule has 0 radical (unpaired) electrons. The van der Waals surface area contributed by atoms with E-state index >= 15 is 0 Å². The summed E-state index contributed by atoms with van der Waals surface area (Å²) in [5, 5.41) is 3.91. The number of nitrogens with one attached hydrogen (secondary N) is 2. The number of hydrogen-bond donors (Lipinski definition) is 2. The number of carbonyl (C=O) groups excluding carboxylic acids is 1. The van der Waals surface area contributed by atoms with Crippen molar-refractivity contribution in [3.05, 3.63) is 86.3 Å². The number of aryl methyl sites for hydroxylation is 1. The highest BCUT2D eigenvalue weighted by Crippen LogP contribution is 2.49. The van der Waals surface area contributed by atoms with E-state index in [0.717, 1.165) is 5.70 Å². The van der Waals surface area contributed by atoms with Gasteiger partial charge in [-0.15, -0.1) is 0 Å². The number of allylic oxidation sites excluding steroid dienone is 2. The Bertz CT molecular complexity index is 1470. The van der Waals surface area contributed by atoms with Crippen molar-refractivity contribution in [2.24, 2.45) is 5.41 Å². The standard InChI is InChI=1S/C29H31N3O4S/c1-16-8-6-7-9-17(16)15-37-28-31-26-25(27(34)32-28)23(19-12-18(35-4)10-11-22(19)36-5)24-20(30-26)13-29(2,3)14-21(24)33/h6-12,23H,13-15H2,1-5H3,(H2,30,31,32,34)/t23-/m1/s1. The van der Waals surface area contributed by atoms with Crippen LogP contribution in [-0.2, 0) is 10.5 Å². The van der Waals surface area contributed by atoms with Crippen LogP contribution in [0.5, 0.6) is 11.5 Å². The number of nitrogens with zero attached hydrogens (tertiary/aromatic N) is 1. The number of ether oxygens (including phenoxy) is 2. The first-order valence-corrected chi connectivity index (χ1v) is 13.3. The second kappa shape index (κ2) is 9.74. The Labute approximate surface area is 220 Å². The van der Waals surface area contributed by atoms with Crippen molar-refractivity contribution in [1.29, 1.82) is 0 Å². The molecule has 0 saturated heterocycles. The number of Topliss-reactive ketones (excluding diaryl/α,β-unsaturated/α-hetero) is 1. The molecule has 0 saturated carbocycles. The van der Waals surface area contributed by atoms with Gasteiger partial charge in [0, 0.05) is 29.0 Å². The van der Waals surface area contributed by atoms with Crippen molar-refractivity contribution in [3.63, 3.8) is 0 Å². The summed E-state index contributed by atoms with van der Waals surface area (Å²) in [6.07, 6.45) is 1.08. The van der Waals surface area contributed by atoms with Gasteiger partial charge < -0.3 is 19.8 Å². The highest BCUT2D eigenvalue weighted by Gasteiger charge is 2.43. The summed E-state index contributed by atoms with van der Waals surface area (Å²) in [6, 6.07) is 13.6. The molecule has 3 aromatic rings. The summed E-state index contributed by atoms with van der Waals surface area (Å²) < 4.78 is 11.2. The van der Waals surface area contributed by atoms with E-state index in [1.54, 1.807) is 26.4 Å². The first-order chi connectivity index (χ1) is 17.7. The van der Waals surface area contributed by atoms with Crippen LogP contribution < -0.4 is 20.3 Å². The van der Waals surface area contributed by atoms with Gasteiger partial charge in [0.25, 0.3) is 5.56 Å². The Morgan fingerprint density at radius 2 is 1.86 bits per heavy atom. The number of aromatic nitrogens is 2. The topological polar surface area (TPSA) is 93.3 Å². The summed E-state index contributed by atoms with van der Waals surface area (Å²) in [5.41, 5.74) is 4.44. The summed E-state index contributed by atoms with van der Waals surface area (Å²) in [6.45, 7) is 6.24. The average molecular weight is 518 g/mol. The van der Waals surface area contributed by atoms with Gasteiger partial charge >= 0.3 is 0 Å². The first kappa shape index (κ1) is 25.1. The molecule has 0 spiro atoms. The van der Waals surface area contributed by atoms with Gasteiger partial charge in [-0.2, -0.15) is 0 Å². The lowest BCUT2D eigenvalue weighted by atomic mass is 9.69. The van der Waals surface area contributed by atoms with Crippen LogP contribution in [0.1, 0.15) is 54.9 Å². The minimum Gasteiger partial charge on any atom is -0.497 e. The number of benzene rings is 2. The third-order valence-corrected chi connectivity index (χ3v) is 8.00. The lowest BCUT2D eigenvalue weighted by Gasteiger charge is -2.38. The molecule has 8 heteroatoms. The van der Waals surface area contributed by atoms with Gasteiger partial charge in [-0.3, -0.25) is 9.59 Å². The molecular formula is C29H31N3O4S. The van der Waals surface area contributed by atoms with Gasteiger partial charge in [0.05, 0.1) is 25.7 Å². The SMILES string of the molecule is COc1ccc(OC)c([C@@H]2C3=C(CC(C)(C)CC3=O)Nc3nc(SCc4ccccc4C)[nH]c(=O)c32)c1. The predicted octanol–water partition coefficient (Wildman–Crippen LogP) is 5.59. The van der Waals surface area contributed by atoms with E-state index < -0.39 is 5.92 Å². The number of rotatable bonds is 6. The van der Waals surface area contributed by atoms with Gasteiger partial charge in [-0.25, -0.2) is 4.98 Å². The number of H-pyrrole nitrogens is 1. The quantitative estimate of drug-likeness (QED) is 0.325. The largest absolute Gasteiger partial charge is 0.497 e. The lowest BCUT2D eigenvalue weighted by molar-refractivity contribution is -0.118. The summed E-state index contributed by atoms with van der Waals surface area (Å²) in [5.74, 6) is 1.77. The third-order valence-electron chi connectivity index (χ3n) is 7.07. The molecule has 0 fully saturated rings. The zero-order valence-electron chi connectivity index (χ0n) is 21.7. The molecule has 2 aliphatic rings. The molecule has 7 nitrogen and oxygen atoms in total. The van der Waals surface area contributed by atoms with E-state index in [1.165, 1.54) is 22.9 Å². The molecular weight excluding hydrogens is 486 g/mol. The number of hydrogen-bond acceptors (Lipinski definition) is 7. The second-order valence-electron chi connectivity index (χ2n) is 10.3. The van der Waals surface area contributed by atoms with Crippen molar-refractivity contribution in [2.45, 2.75) is 50.4 Å². The molecule has 192 valence electrons. The molecule has 2 N–H and O–H groups in total. The number of thioether (sulfide) groups is 1. The summed E-state index contributed by atoms with van der Waals surface area (Å²) in [4.78, 5) is 35.0. The van der Waals surface area contributed by atoms with Crippen molar-refractivity contribution in [3.8, 4) is 11.5 Å². The Balaban J connectivity index is 1.64. The van der Waals surface area contributed by atoms with Gasteiger partial charge in [0.2, 0.25) is 0 Å². The van der Waals surface area contributed by atoms with Crippen molar-refractivity contribution < 1.29 is 14.3 Å². The van der Waals surface area contributed by atoms with Crippen LogP contribution in [0, 0.1) is 12.3 Å². The number of carbonyl (C=O) groups is 1. The number of fused-ring (bicyclic) bond motifs is 1. The van der Waals surface area contributed by atoms with Gasteiger partial charge in [-0.1, -0.05) is 49.9 Å². The Morgan fingerprint density at radius 3 is 2.59 bits per heavy atom. The van der Waals surface area contributed by atoms with E-state index in [-0.39, 0.29) is 16.8 Å². The van der Waals surface area contributed by atoms with Crippen molar-refractivity contribution in [2.75, 3.05) is 19.5 Å². The molecule has 0 unspecified atom stereocenters. The van der Waals surface area contributed by atoms with E-state index in [1.807, 2.05) is 18.2 Å². The average Bonchev–Trinajstić information content (AvgIpc) is 2.85. The van der Waals surface area contributed by atoms with Gasteiger partial charge in [0.15, 0.2) is 10.9 Å². The minimum absolute atomic E-state index is 0.0247. The van der Waals surface area contributed by atoms with Crippen LogP contribution in [-0.4, -0.2) is 30.0 Å². The number of ketones is 1. The van der Waals surface area contributed by atoms with Gasteiger partial charge in [-0.05, 0) is 48.1 Å². The zero-order chi connectivity index (χ0) is 26.3. The third kappa shape index (κ3) is 4.78. The number of anilines is 1. The van der Waals surface area contributed by atoms with Crippen LogP contribution in [0.15, 0.2) is 63.7 Å². The molecule has 0 amide bonds. The van der Waals surface area contributed by atoms with Crippen LogP contribution in [0.4, 0.5) is 5.82 Å². The van der Waals surface area contributed by atoms with Crippen LogP contribution in [0.3, 0.4) is 0 Å². The number of aromatic amines is 1. The summed E-state index contributed by atoms with van der Waals surface area (Å²) >= 11 is 1.48. The maximum absolute atomic E-state index is 13.7. The van der Waals surface area contributed by atoms with Crippen LogP contribution >= 0.6 is 11.8 Å². The highest BCUT2D eigenvalue weighted by molar-refractivity contribution is 7.98. The van der Waals surface area contributed by atoms with E-state index in [9.17, 15) is 9.59 Å². The Hall–Kier alpha value is -3.52. The maximum Gasteiger partial charge on any atom is 0.257 e. The van der Waals surface area contributed by atoms with Crippen molar-refractivity contribution in [1.82, 2.24) is 9.97 Å². The first-order valence-electron chi connectivity index (χ1n) is 12.3. The van der Waals surface area contributed by atoms with E-state index in [0.29, 0.717) is 57.8 Å². The molecule has 1 aliphatic carbocycles. The zero-order valence-corrected chi connectivity index (χ0v) is 22.5. The summed E-state index contributed by atoms with van der Waals surface area (Å²) in [7, 11) is 3.18. The molecule has 1 aromatic heterocycles. The number of methoxy groups -OCH3 is 2. The fourth-order valence-electron chi connectivity index (χ4n) is 5.26. The highest BCUT2D eigenvalue weighted by atomic mass is 32.2. The molecule has 1 aliphatic heterocycles. The normalized spacial score (nSPS) is 18.1. The Kier molecular flexibility index (Phi) is 6.62. The molecule has 37 heavy (non-hydrogen) atoms. The Morgan fingerprint density at radius 1 is 1.08 bits per heavy atom. The maximum atomic E-state index is 13.7. The smallest absolute Gasteiger partial charge is 0.257 e. The second-order valence-corrected chi connectivity index (χ2v) is 11.3. The minimum atomic E-state index is -0.619. The predicted molar refractivity (Wildman–Crippen MR) is 146 cm³/mol. The molecule has 2 heterocycles. The van der Waals surface area contributed by atoms with Crippen LogP contribution in [0.2, 0.25) is 0 Å². The molecule has 5 rings (SSSR count). The molecule has 1 atom stereocenters. The lowest BCUT2D eigenvalue weighted by Crippen LogP contribution is -2.37. The fourth-order valence-corrected chi connectivity index (χ4v) is 6.19. The monoisotopic (exact) mass is 517 g/mol. The van der Waals surface area contributed by atoms with Crippen molar-refractivity contribution >= 4 is 23.4 Å². The molecule has 0 bridgehead atoms. The van der Waals surface area contributed by atoms with E-state index in [4.69, 9.17) is 14.5 Å². The van der Waals surface area contributed by atoms with E-state index in [2.05, 4.69) is 43.2 Å². The molecule has 2 aromatic carbocycles. The van der Waals surface area contributed by atoms with Crippen LogP contribution in [0.25, 0.3) is 0 Å².